The summed E-state index contributed by atoms with van der Waals surface area (Å²) < 4.78 is 0. The van der Waals surface area contributed by atoms with Crippen LogP contribution < -0.4 is 0 Å². The van der Waals surface area contributed by atoms with E-state index in [-0.39, 0.29) is 11.6 Å². The minimum atomic E-state index is -0.308. The number of hydrogen-bond donors (Lipinski definition) is 0. The van der Waals surface area contributed by atoms with Crippen molar-refractivity contribution in [3.63, 3.8) is 0 Å². The van der Waals surface area contributed by atoms with Gasteiger partial charge in [-0.15, -0.1) is 12.3 Å². The normalized spacial score (nSPS) is 27.3. The number of terminal acetylenes is 1. The van der Waals surface area contributed by atoms with E-state index < -0.39 is 0 Å². The molecule has 0 aromatic heterocycles. The summed E-state index contributed by atoms with van der Waals surface area (Å²) in [5, 5.41) is 8.16. The molecule has 1 unspecified atom stereocenters. The number of amides is 1. The van der Waals surface area contributed by atoms with Crippen LogP contribution in [0.25, 0.3) is 0 Å². The number of carbonyl (C=O) groups excluding carboxylic acids is 1. The van der Waals surface area contributed by atoms with Crippen molar-refractivity contribution in [3.8, 4) is 12.3 Å². The highest BCUT2D eigenvalue weighted by Crippen LogP contribution is 2.42. The molecule has 0 spiro atoms. The molecule has 19 heavy (non-hydrogen) atoms. The molecule has 2 fully saturated rings. The van der Waals surface area contributed by atoms with Crippen molar-refractivity contribution in [2.24, 2.45) is 22.1 Å². The van der Waals surface area contributed by atoms with Gasteiger partial charge in [0.05, 0.1) is 0 Å². The van der Waals surface area contributed by atoms with Crippen molar-refractivity contribution >= 4 is 5.91 Å². The van der Waals surface area contributed by atoms with Crippen LogP contribution in [-0.4, -0.2) is 29.6 Å². The van der Waals surface area contributed by atoms with E-state index in [2.05, 4.69) is 16.1 Å². The summed E-state index contributed by atoms with van der Waals surface area (Å²) in [6, 6.07) is 0. The van der Waals surface area contributed by atoms with Gasteiger partial charge in [-0.1, -0.05) is 0 Å². The first-order valence-electron chi connectivity index (χ1n) is 7.38. The molecule has 2 heterocycles. The highest BCUT2D eigenvalue weighted by Gasteiger charge is 2.41. The third kappa shape index (κ3) is 2.97. The lowest BCUT2D eigenvalue weighted by Gasteiger charge is -2.17. The maximum Gasteiger partial charge on any atom is 0.222 e. The molecule has 1 saturated heterocycles. The van der Waals surface area contributed by atoms with Crippen molar-refractivity contribution in [3.05, 3.63) is 0 Å². The lowest BCUT2D eigenvalue weighted by atomic mass is 10.0. The first-order valence-corrected chi connectivity index (χ1v) is 7.38. The smallest absolute Gasteiger partial charge is 0.222 e. The van der Waals surface area contributed by atoms with Crippen LogP contribution in [0.15, 0.2) is 10.2 Å². The predicted molar refractivity (Wildman–Crippen MR) is 72.3 cm³/mol. The second-order valence-corrected chi connectivity index (χ2v) is 6.11. The monoisotopic (exact) mass is 259 g/mol. The average Bonchev–Trinajstić information content (AvgIpc) is 3.35. The van der Waals surface area contributed by atoms with Gasteiger partial charge in [0, 0.05) is 38.8 Å². The molecule has 0 radical (unpaired) electrons. The van der Waals surface area contributed by atoms with Crippen LogP contribution in [0.1, 0.15) is 44.9 Å². The van der Waals surface area contributed by atoms with Crippen LogP contribution in [0.5, 0.6) is 0 Å². The lowest BCUT2D eigenvalue weighted by molar-refractivity contribution is -0.130. The Morgan fingerprint density at radius 3 is 2.68 bits per heavy atom. The molecule has 0 bridgehead atoms. The zero-order valence-electron chi connectivity index (χ0n) is 11.3. The van der Waals surface area contributed by atoms with Crippen molar-refractivity contribution < 1.29 is 4.79 Å². The van der Waals surface area contributed by atoms with Gasteiger partial charge in [0.15, 0.2) is 5.66 Å². The summed E-state index contributed by atoms with van der Waals surface area (Å²) in [6.45, 7) is 1.93. The van der Waals surface area contributed by atoms with Gasteiger partial charge in [0.2, 0.25) is 5.91 Å². The molecule has 0 aromatic carbocycles. The van der Waals surface area contributed by atoms with E-state index in [0.29, 0.717) is 12.8 Å². The van der Waals surface area contributed by atoms with Gasteiger partial charge in [-0.3, -0.25) is 4.79 Å². The van der Waals surface area contributed by atoms with Crippen molar-refractivity contribution in [2.45, 2.75) is 50.6 Å². The van der Waals surface area contributed by atoms with E-state index in [1.807, 2.05) is 4.90 Å². The Morgan fingerprint density at radius 1 is 1.26 bits per heavy atom. The van der Waals surface area contributed by atoms with Gasteiger partial charge in [-0.2, -0.15) is 10.2 Å². The molecular formula is C15H21N3O. The molecule has 3 rings (SSSR count). The second-order valence-electron chi connectivity index (χ2n) is 6.11. The minimum absolute atomic E-state index is 0.278. The number of hydrogen-bond acceptors (Lipinski definition) is 3. The SMILES string of the molecule is C#CCCC1(CCC(=O)N2CCC(C3CC3)C2)N=N1. The maximum absolute atomic E-state index is 12.2. The van der Waals surface area contributed by atoms with Gasteiger partial charge in [0.1, 0.15) is 0 Å². The van der Waals surface area contributed by atoms with Gasteiger partial charge in [-0.25, -0.2) is 0 Å². The Kier molecular flexibility index (Phi) is 3.30. The molecule has 3 aliphatic rings. The minimum Gasteiger partial charge on any atom is -0.342 e. The van der Waals surface area contributed by atoms with Gasteiger partial charge < -0.3 is 4.90 Å². The van der Waals surface area contributed by atoms with Crippen molar-refractivity contribution in [1.29, 1.82) is 0 Å². The predicted octanol–water partition coefficient (Wildman–Crippen LogP) is 2.60. The molecule has 4 heteroatoms. The van der Waals surface area contributed by atoms with Crippen LogP contribution in [0, 0.1) is 24.2 Å². The number of likely N-dealkylation sites (tertiary alicyclic amines) is 1. The first kappa shape index (κ1) is 12.7. The average molecular weight is 259 g/mol. The number of nitrogens with zero attached hydrogens (tertiary/aromatic N) is 3. The molecule has 2 aliphatic heterocycles. The highest BCUT2D eigenvalue weighted by molar-refractivity contribution is 5.76. The quantitative estimate of drug-likeness (QED) is 0.676. The summed E-state index contributed by atoms with van der Waals surface area (Å²) in [5.41, 5.74) is -0.308. The summed E-state index contributed by atoms with van der Waals surface area (Å²) in [7, 11) is 0. The van der Waals surface area contributed by atoms with E-state index in [1.165, 1.54) is 19.3 Å². The number of carbonyl (C=O) groups is 1. The fraction of sp³-hybridized carbons (Fsp3) is 0.800. The fourth-order valence-electron chi connectivity index (χ4n) is 3.10. The van der Waals surface area contributed by atoms with Crippen molar-refractivity contribution in [2.75, 3.05) is 13.1 Å². The largest absolute Gasteiger partial charge is 0.342 e. The topological polar surface area (TPSA) is 45.0 Å². The van der Waals surface area contributed by atoms with E-state index in [9.17, 15) is 4.79 Å². The van der Waals surface area contributed by atoms with E-state index in [4.69, 9.17) is 6.42 Å². The maximum atomic E-state index is 12.2. The molecule has 1 atom stereocenters. The van der Waals surface area contributed by atoms with Crippen LogP contribution in [-0.2, 0) is 4.79 Å². The Labute approximate surface area is 114 Å². The zero-order chi connectivity index (χ0) is 13.3. The molecule has 0 aromatic rings. The highest BCUT2D eigenvalue weighted by atomic mass is 16.2. The summed E-state index contributed by atoms with van der Waals surface area (Å²) >= 11 is 0. The molecule has 102 valence electrons. The fourth-order valence-corrected chi connectivity index (χ4v) is 3.10. The molecule has 1 amide bonds. The lowest BCUT2D eigenvalue weighted by Crippen LogP contribution is -2.30. The first-order chi connectivity index (χ1) is 9.22. The van der Waals surface area contributed by atoms with E-state index in [1.54, 1.807) is 0 Å². The molecular weight excluding hydrogens is 238 g/mol. The summed E-state index contributed by atoms with van der Waals surface area (Å²) in [4.78, 5) is 14.2. The Bertz CT molecular complexity index is 427. The third-order valence-corrected chi connectivity index (χ3v) is 4.66. The number of rotatable bonds is 6. The summed E-state index contributed by atoms with van der Waals surface area (Å²) in [6.07, 6.45) is 12.0. The third-order valence-electron chi connectivity index (χ3n) is 4.66. The Hall–Kier alpha value is -1.37. The Morgan fingerprint density at radius 2 is 2.05 bits per heavy atom. The van der Waals surface area contributed by atoms with Crippen molar-refractivity contribution in [1.82, 2.24) is 4.90 Å². The standard InChI is InChI=1S/C15H21N3O/c1-2-3-8-15(16-17-15)9-6-14(19)18-10-7-13(11-18)12-4-5-12/h1,12-13H,3-11H2. The van der Waals surface area contributed by atoms with Crippen LogP contribution in [0.4, 0.5) is 0 Å². The van der Waals surface area contributed by atoms with E-state index in [0.717, 1.165) is 37.8 Å². The Balaban J connectivity index is 1.41. The van der Waals surface area contributed by atoms with Crippen LogP contribution in [0.3, 0.4) is 0 Å². The van der Waals surface area contributed by atoms with E-state index >= 15 is 0 Å². The van der Waals surface area contributed by atoms with Crippen LogP contribution >= 0.6 is 0 Å². The molecule has 1 aliphatic carbocycles. The van der Waals surface area contributed by atoms with Crippen LogP contribution in [0.2, 0.25) is 0 Å². The second kappa shape index (κ2) is 4.96. The zero-order valence-corrected chi connectivity index (χ0v) is 11.3. The van der Waals surface area contributed by atoms with Gasteiger partial charge >= 0.3 is 0 Å². The molecule has 0 N–H and O–H groups in total. The molecule has 4 nitrogen and oxygen atoms in total. The molecule has 1 saturated carbocycles. The summed E-state index contributed by atoms with van der Waals surface area (Å²) in [5.74, 6) is 4.58. The van der Waals surface area contributed by atoms with Gasteiger partial charge in [0.25, 0.3) is 0 Å². The van der Waals surface area contributed by atoms with Gasteiger partial charge in [-0.05, 0) is 31.1 Å².